The Balaban J connectivity index is 1.68. The Morgan fingerprint density at radius 1 is 1.23 bits per heavy atom. The molecule has 0 aliphatic carbocycles. The van der Waals surface area contributed by atoms with Gasteiger partial charge in [0.1, 0.15) is 23.4 Å². The third-order valence-corrected chi connectivity index (χ3v) is 4.57. The standard InChI is InChI=1S/C19H19Cl2NO4/c1-3-24-18-7-12-6-11(2)26-17(12)9-16(18)22-19(23)10-25-13-4-5-14(20)15(21)8-13/h4-5,7-9,11H,3,6,10H2,1-2H3,(H,22,23). The van der Waals surface area contributed by atoms with Crippen LogP contribution in [-0.2, 0) is 11.2 Å². The second-order valence-electron chi connectivity index (χ2n) is 5.93. The second-order valence-corrected chi connectivity index (χ2v) is 6.75. The molecule has 1 N–H and O–H groups in total. The summed E-state index contributed by atoms with van der Waals surface area (Å²) in [6.07, 6.45) is 0.938. The molecule has 0 saturated heterocycles. The normalized spacial score (nSPS) is 15.2. The van der Waals surface area contributed by atoms with Crippen LogP contribution in [0.2, 0.25) is 10.0 Å². The van der Waals surface area contributed by atoms with Crippen molar-refractivity contribution in [1.29, 1.82) is 0 Å². The molecule has 0 aromatic heterocycles. The van der Waals surface area contributed by atoms with Crippen LogP contribution in [0, 0.1) is 0 Å². The van der Waals surface area contributed by atoms with Crippen LogP contribution in [0.25, 0.3) is 0 Å². The Hall–Kier alpha value is -2.11. The molecule has 1 aliphatic heterocycles. The maximum atomic E-state index is 12.3. The van der Waals surface area contributed by atoms with Crippen LogP contribution in [0.3, 0.4) is 0 Å². The number of hydrogen-bond donors (Lipinski definition) is 1. The molecule has 138 valence electrons. The van der Waals surface area contributed by atoms with E-state index < -0.39 is 0 Å². The molecule has 1 aliphatic rings. The molecule has 1 heterocycles. The quantitative estimate of drug-likeness (QED) is 0.767. The SMILES string of the molecule is CCOc1cc2c(cc1NC(=O)COc1ccc(Cl)c(Cl)c1)OC(C)C2. The minimum Gasteiger partial charge on any atom is -0.492 e. The van der Waals surface area contributed by atoms with E-state index in [9.17, 15) is 4.79 Å². The van der Waals surface area contributed by atoms with E-state index in [0.717, 1.165) is 17.7 Å². The maximum absolute atomic E-state index is 12.3. The molecule has 2 aromatic rings. The van der Waals surface area contributed by atoms with Crippen LogP contribution >= 0.6 is 23.2 Å². The molecular weight excluding hydrogens is 377 g/mol. The molecule has 1 atom stereocenters. The number of fused-ring (bicyclic) bond motifs is 1. The van der Waals surface area contributed by atoms with Crippen LogP contribution in [0.15, 0.2) is 30.3 Å². The molecule has 26 heavy (non-hydrogen) atoms. The zero-order valence-electron chi connectivity index (χ0n) is 14.5. The molecule has 3 rings (SSSR count). The minimum atomic E-state index is -0.317. The number of anilines is 1. The van der Waals surface area contributed by atoms with Crippen molar-refractivity contribution in [2.45, 2.75) is 26.4 Å². The number of carbonyl (C=O) groups excluding carboxylic acids is 1. The first-order valence-corrected chi connectivity index (χ1v) is 9.06. The van der Waals surface area contributed by atoms with E-state index in [1.165, 1.54) is 0 Å². The third kappa shape index (κ3) is 4.34. The lowest BCUT2D eigenvalue weighted by molar-refractivity contribution is -0.118. The molecule has 5 nitrogen and oxygen atoms in total. The van der Waals surface area contributed by atoms with Crippen molar-refractivity contribution in [3.8, 4) is 17.2 Å². The lowest BCUT2D eigenvalue weighted by Gasteiger charge is -2.14. The summed E-state index contributed by atoms with van der Waals surface area (Å²) in [5.41, 5.74) is 1.63. The van der Waals surface area contributed by atoms with Crippen LogP contribution in [0.4, 0.5) is 5.69 Å². The topological polar surface area (TPSA) is 56.8 Å². The van der Waals surface area contributed by atoms with Crippen LogP contribution in [0.1, 0.15) is 19.4 Å². The Morgan fingerprint density at radius 3 is 2.77 bits per heavy atom. The molecule has 7 heteroatoms. The summed E-state index contributed by atoms with van der Waals surface area (Å²) in [7, 11) is 0. The first-order valence-electron chi connectivity index (χ1n) is 8.30. The van der Waals surface area contributed by atoms with Crippen LogP contribution < -0.4 is 19.5 Å². The Kier molecular flexibility index (Phi) is 5.79. The van der Waals surface area contributed by atoms with Crippen LogP contribution in [-0.4, -0.2) is 25.2 Å². The summed E-state index contributed by atoms with van der Waals surface area (Å²) in [6.45, 7) is 4.23. The molecule has 2 aromatic carbocycles. The molecule has 1 unspecified atom stereocenters. The molecular formula is C19H19Cl2NO4. The van der Waals surface area contributed by atoms with Gasteiger partial charge in [-0.25, -0.2) is 0 Å². The van der Waals surface area contributed by atoms with E-state index in [-0.39, 0.29) is 18.6 Å². The van der Waals surface area contributed by atoms with Gasteiger partial charge in [-0.15, -0.1) is 0 Å². The van der Waals surface area contributed by atoms with Gasteiger partial charge in [0.25, 0.3) is 5.91 Å². The Bertz CT molecular complexity index is 825. The Morgan fingerprint density at radius 2 is 2.04 bits per heavy atom. The average molecular weight is 396 g/mol. The van der Waals surface area contributed by atoms with Gasteiger partial charge in [0.15, 0.2) is 6.61 Å². The van der Waals surface area contributed by atoms with Gasteiger partial charge in [0.2, 0.25) is 0 Å². The zero-order chi connectivity index (χ0) is 18.7. The number of ether oxygens (including phenoxy) is 3. The highest BCUT2D eigenvalue weighted by atomic mass is 35.5. The number of benzene rings is 2. The predicted molar refractivity (Wildman–Crippen MR) is 102 cm³/mol. The van der Waals surface area contributed by atoms with Crippen molar-refractivity contribution in [3.05, 3.63) is 45.9 Å². The molecule has 0 bridgehead atoms. The van der Waals surface area contributed by atoms with Crippen molar-refractivity contribution >= 4 is 34.8 Å². The summed E-state index contributed by atoms with van der Waals surface area (Å²) in [6, 6.07) is 8.53. The lowest BCUT2D eigenvalue weighted by Crippen LogP contribution is -2.20. The fourth-order valence-electron chi connectivity index (χ4n) is 2.71. The molecule has 0 saturated carbocycles. The van der Waals surface area contributed by atoms with Gasteiger partial charge >= 0.3 is 0 Å². The zero-order valence-corrected chi connectivity index (χ0v) is 16.0. The number of rotatable bonds is 6. The summed E-state index contributed by atoms with van der Waals surface area (Å²) in [4.78, 5) is 12.3. The highest BCUT2D eigenvalue weighted by Gasteiger charge is 2.22. The second kappa shape index (κ2) is 8.06. The predicted octanol–water partition coefficient (Wildman–Crippen LogP) is 4.73. The number of hydrogen-bond acceptors (Lipinski definition) is 4. The Labute approximate surface area is 162 Å². The van der Waals surface area contributed by atoms with Gasteiger partial charge in [-0.1, -0.05) is 23.2 Å². The van der Waals surface area contributed by atoms with Crippen molar-refractivity contribution in [2.24, 2.45) is 0 Å². The van der Waals surface area contributed by atoms with E-state index in [0.29, 0.717) is 33.8 Å². The minimum absolute atomic E-state index is 0.114. The van der Waals surface area contributed by atoms with Gasteiger partial charge in [0, 0.05) is 24.1 Å². The number of nitrogens with one attached hydrogen (secondary N) is 1. The largest absolute Gasteiger partial charge is 0.492 e. The van der Waals surface area contributed by atoms with Crippen LogP contribution in [0.5, 0.6) is 17.2 Å². The van der Waals surface area contributed by atoms with Gasteiger partial charge in [-0.05, 0) is 32.0 Å². The van der Waals surface area contributed by atoms with E-state index in [2.05, 4.69) is 5.32 Å². The monoisotopic (exact) mass is 395 g/mol. The van der Waals surface area contributed by atoms with Gasteiger partial charge in [-0.3, -0.25) is 4.79 Å². The van der Waals surface area contributed by atoms with E-state index >= 15 is 0 Å². The van der Waals surface area contributed by atoms with E-state index in [1.807, 2.05) is 19.9 Å². The highest BCUT2D eigenvalue weighted by Crippen LogP contribution is 2.38. The fourth-order valence-corrected chi connectivity index (χ4v) is 3.00. The van der Waals surface area contributed by atoms with E-state index in [4.69, 9.17) is 37.4 Å². The summed E-state index contributed by atoms with van der Waals surface area (Å²) < 4.78 is 16.9. The first kappa shape index (κ1) is 18.7. The fraction of sp³-hybridized carbons (Fsp3) is 0.316. The van der Waals surface area contributed by atoms with Crippen molar-refractivity contribution in [3.63, 3.8) is 0 Å². The van der Waals surface area contributed by atoms with Gasteiger partial charge in [-0.2, -0.15) is 0 Å². The number of amides is 1. The maximum Gasteiger partial charge on any atom is 0.262 e. The lowest BCUT2D eigenvalue weighted by atomic mass is 10.1. The molecule has 1 amide bonds. The summed E-state index contributed by atoms with van der Waals surface area (Å²) >= 11 is 11.8. The summed E-state index contributed by atoms with van der Waals surface area (Å²) in [5.74, 6) is 1.53. The summed E-state index contributed by atoms with van der Waals surface area (Å²) in [5, 5.41) is 3.60. The number of halogens is 2. The number of carbonyl (C=O) groups is 1. The van der Waals surface area contributed by atoms with Crippen molar-refractivity contribution in [2.75, 3.05) is 18.5 Å². The first-order chi connectivity index (χ1) is 12.5. The molecule has 0 fully saturated rings. The smallest absolute Gasteiger partial charge is 0.262 e. The molecule has 0 radical (unpaired) electrons. The van der Waals surface area contributed by atoms with Crippen molar-refractivity contribution in [1.82, 2.24) is 0 Å². The third-order valence-electron chi connectivity index (χ3n) is 3.83. The van der Waals surface area contributed by atoms with Gasteiger partial charge in [0.05, 0.1) is 22.3 Å². The van der Waals surface area contributed by atoms with Crippen molar-refractivity contribution < 1.29 is 19.0 Å². The van der Waals surface area contributed by atoms with E-state index in [1.54, 1.807) is 24.3 Å². The van der Waals surface area contributed by atoms with Gasteiger partial charge < -0.3 is 19.5 Å². The highest BCUT2D eigenvalue weighted by molar-refractivity contribution is 6.42. The average Bonchev–Trinajstić information content (AvgIpc) is 2.95. The molecule has 0 spiro atoms.